The quantitative estimate of drug-likeness (QED) is 0.829. The number of likely N-dealkylation sites (tertiary alicyclic amines) is 1. The summed E-state index contributed by atoms with van der Waals surface area (Å²) in [4.78, 5) is 16.0. The van der Waals surface area contributed by atoms with Gasteiger partial charge in [-0.15, -0.1) is 0 Å². The summed E-state index contributed by atoms with van der Waals surface area (Å²) in [5.41, 5.74) is 0.445. The van der Waals surface area contributed by atoms with Gasteiger partial charge in [0, 0.05) is 20.1 Å². The zero-order chi connectivity index (χ0) is 16.9. The number of hydrogen-bond acceptors (Lipinski definition) is 6. The Labute approximate surface area is 137 Å². The molecule has 1 aromatic rings. The number of carbonyl (C=O) groups excluding carboxylic acids is 1. The molecule has 23 heavy (non-hydrogen) atoms. The zero-order valence-corrected chi connectivity index (χ0v) is 14.6. The largest absolute Gasteiger partial charge is 0.444 e. The number of carbonyl (C=O) groups is 1. The molecule has 1 aliphatic rings. The van der Waals surface area contributed by atoms with Crippen LogP contribution >= 0.6 is 0 Å². The molecule has 0 unspecified atom stereocenters. The second-order valence-corrected chi connectivity index (χ2v) is 7.31. The number of aromatic nitrogens is 2. The van der Waals surface area contributed by atoms with E-state index in [2.05, 4.69) is 19.8 Å². The van der Waals surface area contributed by atoms with Crippen molar-refractivity contribution in [1.29, 1.82) is 0 Å². The molecular weight excluding hydrogens is 296 g/mol. The highest BCUT2D eigenvalue weighted by Crippen LogP contribution is 2.22. The average molecular weight is 324 g/mol. The summed E-state index contributed by atoms with van der Waals surface area (Å²) in [6, 6.07) is 0. The van der Waals surface area contributed by atoms with E-state index in [-0.39, 0.29) is 6.09 Å². The number of nitrogens with zero attached hydrogens (tertiary/aromatic N) is 4. The highest BCUT2D eigenvalue weighted by Gasteiger charge is 2.23. The maximum Gasteiger partial charge on any atom is 0.410 e. The molecule has 130 valence electrons. The Bertz CT molecular complexity index is 476. The van der Waals surface area contributed by atoms with Crippen molar-refractivity contribution in [2.75, 3.05) is 26.7 Å². The SMILES string of the molecule is CN(CCC1CCN(Cc2cnon2)CC1)C(=O)OC(C)(C)C. The first-order valence-electron chi connectivity index (χ1n) is 8.26. The lowest BCUT2D eigenvalue weighted by Gasteiger charge is -2.32. The van der Waals surface area contributed by atoms with Crippen LogP contribution in [0.4, 0.5) is 4.79 Å². The molecular formula is C16H28N4O3. The number of amides is 1. The van der Waals surface area contributed by atoms with E-state index in [1.165, 1.54) is 0 Å². The molecule has 1 saturated heterocycles. The molecule has 0 bridgehead atoms. The van der Waals surface area contributed by atoms with Gasteiger partial charge >= 0.3 is 6.09 Å². The van der Waals surface area contributed by atoms with Crippen LogP contribution in [0.3, 0.4) is 0 Å². The van der Waals surface area contributed by atoms with E-state index in [1.54, 1.807) is 18.1 Å². The minimum Gasteiger partial charge on any atom is -0.444 e. The summed E-state index contributed by atoms with van der Waals surface area (Å²) in [5, 5.41) is 7.48. The number of piperidine rings is 1. The van der Waals surface area contributed by atoms with Crippen molar-refractivity contribution in [2.24, 2.45) is 5.92 Å². The van der Waals surface area contributed by atoms with E-state index in [1.807, 2.05) is 20.8 Å². The van der Waals surface area contributed by atoms with Crippen LogP contribution < -0.4 is 0 Å². The zero-order valence-electron chi connectivity index (χ0n) is 14.6. The lowest BCUT2D eigenvalue weighted by molar-refractivity contribution is 0.0283. The molecule has 0 radical (unpaired) electrons. The molecule has 2 heterocycles. The molecule has 7 heteroatoms. The van der Waals surface area contributed by atoms with Crippen LogP contribution in [-0.4, -0.2) is 58.5 Å². The van der Waals surface area contributed by atoms with E-state index in [4.69, 9.17) is 4.74 Å². The maximum absolute atomic E-state index is 11.9. The van der Waals surface area contributed by atoms with Crippen molar-refractivity contribution in [3.05, 3.63) is 11.9 Å². The van der Waals surface area contributed by atoms with Crippen molar-refractivity contribution < 1.29 is 14.2 Å². The standard InChI is InChI=1S/C16H28N4O3/c1-16(2,3)22-15(21)19(4)8-5-13-6-9-20(10-7-13)12-14-11-17-23-18-14/h11,13H,5-10,12H2,1-4H3. The van der Waals surface area contributed by atoms with Gasteiger partial charge in [0.1, 0.15) is 11.3 Å². The minimum atomic E-state index is -0.438. The van der Waals surface area contributed by atoms with E-state index < -0.39 is 5.60 Å². The lowest BCUT2D eigenvalue weighted by atomic mass is 9.93. The van der Waals surface area contributed by atoms with Crippen molar-refractivity contribution >= 4 is 6.09 Å². The van der Waals surface area contributed by atoms with Gasteiger partial charge in [-0.05, 0) is 59.0 Å². The summed E-state index contributed by atoms with van der Waals surface area (Å²) in [7, 11) is 1.81. The fourth-order valence-corrected chi connectivity index (χ4v) is 2.72. The van der Waals surface area contributed by atoms with Crippen LogP contribution in [0.15, 0.2) is 10.8 Å². The highest BCUT2D eigenvalue weighted by atomic mass is 16.6. The van der Waals surface area contributed by atoms with E-state index in [0.29, 0.717) is 5.92 Å². The van der Waals surface area contributed by atoms with Gasteiger partial charge in [0.25, 0.3) is 0 Å². The summed E-state index contributed by atoms with van der Waals surface area (Å²) in [5.74, 6) is 0.659. The van der Waals surface area contributed by atoms with E-state index >= 15 is 0 Å². The van der Waals surface area contributed by atoms with Gasteiger partial charge in [0.05, 0.1) is 6.20 Å². The summed E-state index contributed by atoms with van der Waals surface area (Å²) in [6.07, 6.45) is 4.74. The predicted octanol–water partition coefficient (Wildman–Crippen LogP) is 2.54. The minimum absolute atomic E-state index is 0.242. The fraction of sp³-hybridized carbons (Fsp3) is 0.812. The monoisotopic (exact) mass is 324 g/mol. The second kappa shape index (κ2) is 7.77. The van der Waals surface area contributed by atoms with Crippen molar-refractivity contribution in [2.45, 2.75) is 52.2 Å². The van der Waals surface area contributed by atoms with Gasteiger partial charge in [-0.2, -0.15) is 0 Å². The first-order valence-corrected chi connectivity index (χ1v) is 8.26. The fourth-order valence-electron chi connectivity index (χ4n) is 2.72. The smallest absolute Gasteiger partial charge is 0.410 e. The molecule has 0 aromatic carbocycles. The number of rotatable bonds is 5. The van der Waals surface area contributed by atoms with Crippen molar-refractivity contribution in [1.82, 2.24) is 20.1 Å². The van der Waals surface area contributed by atoms with Crippen molar-refractivity contribution in [3.63, 3.8) is 0 Å². The van der Waals surface area contributed by atoms with Gasteiger partial charge in [-0.3, -0.25) is 4.90 Å². The molecule has 1 aromatic heterocycles. The molecule has 0 N–H and O–H groups in total. The van der Waals surface area contributed by atoms with Gasteiger partial charge in [-0.25, -0.2) is 9.42 Å². The molecule has 2 rings (SSSR count). The number of hydrogen-bond donors (Lipinski definition) is 0. The maximum atomic E-state index is 11.9. The highest BCUT2D eigenvalue weighted by molar-refractivity contribution is 5.67. The Hall–Kier alpha value is -1.63. The number of ether oxygens (including phenoxy) is 1. The van der Waals surface area contributed by atoms with Gasteiger partial charge in [0.2, 0.25) is 0 Å². The topological polar surface area (TPSA) is 71.7 Å². The molecule has 7 nitrogen and oxygen atoms in total. The Morgan fingerprint density at radius 1 is 1.43 bits per heavy atom. The van der Waals surface area contributed by atoms with Crippen LogP contribution in [0.2, 0.25) is 0 Å². The molecule has 1 amide bonds. The molecule has 0 spiro atoms. The summed E-state index contributed by atoms with van der Waals surface area (Å²) >= 11 is 0. The summed E-state index contributed by atoms with van der Waals surface area (Å²) in [6.45, 7) is 9.30. The van der Waals surface area contributed by atoms with Crippen LogP contribution in [0.25, 0.3) is 0 Å². The summed E-state index contributed by atoms with van der Waals surface area (Å²) < 4.78 is 10.00. The van der Waals surface area contributed by atoms with Crippen LogP contribution in [0.5, 0.6) is 0 Å². The van der Waals surface area contributed by atoms with Crippen LogP contribution in [0.1, 0.15) is 45.7 Å². The Kier molecular flexibility index (Phi) is 5.98. The van der Waals surface area contributed by atoms with Gasteiger partial charge in [-0.1, -0.05) is 10.3 Å². The van der Waals surface area contributed by atoms with Gasteiger partial charge in [0.15, 0.2) is 0 Å². The molecule has 0 saturated carbocycles. The predicted molar refractivity (Wildman–Crippen MR) is 85.8 cm³/mol. The van der Waals surface area contributed by atoms with E-state index in [9.17, 15) is 4.79 Å². The molecule has 1 fully saturated rings. The van der Waals surface area contributed by atoms with Gasteiger partial charge < -0.3 is 9.64 Å². The van der Waals surface area contributed by atoms with E-state index in [0.717, 1.165) is 51.1 Å². The second-order valence-electron chi connectivity index (χ2n) is 7.31. The third-order valence-corrected chi connectivity index (χ3v) is 4.08. The molecule has 0 atom stereocenters. The Morgan fingerprint density at radius 2 is 2.13 bits per heavy atom. The lowest BCUT2D eigenvalue weighted by Crippen LogP contribution is -2.37. The Balaban J connectivity index is 1.65. The third kappa shape index (κ3) is 6.17. The van der Waals surface area contributed by atoms with Crippen LogP contribution in [0, 0.1) is 5.92 Å². The first-order chi connectivity index (χ1) is 10.8. The van der Waals surface area contributed by atoms with Crippen molar-refractivity contribution in [3.8, 4) is 0 Å². The molecule has 0 aliphatic carbocycles. The molecule has 1 aliphatic heterocycles. The third-order valence-electron chi connectivity index (χ3n) is 4.08. The normalized spacial score (nSPS) is 17.2. The Morgan fingerprint density at radius 3 is 2.70 bits per heavy atom. The first kappa shape index (κ1) is 17.7. The average Bonchev–Trinajstić information content (AvgIpc) is 2.97. The van der Waals surface area contributed by atoms with Crippen LogP contribution in [-0.2, 0) is 11.3 Å².